The molecule has 0 rings (SSSR count). The molecular weight excluding hydrogens is 596 g/mol. The first kappa shape index (κ1) is 40.2. The van der Waals surface area contributed by atoms with Gasteiger partial charge in [-0.15, -0.1) is 0 Å². The van der Waals surface area contributed by atoms with E-state index < -0.39 is 38.7 Å². The van der Waals surface area contributed by atoms with Crippen LogP contribution in [0.1, 0.15) is 160 Å². The van der Waals surface area contributed by atoms with Gasteiger partial charge in [0.05, 0.1) is 0 Å². The molecule has 0 aromatic rings. The third-order valence-corrected chi connectivity index (χ3v) is 30.7. The van der Waals surface area contributed by atoms with E-state index in [2.05, 4.69) is 83.1 Å². The van der Waals surface area contributed by atoms with Gasteiger partial charge in [0.25, 0.3) is 0 Å². The van der Waals surface area contributed by atoms with Gasteiger partial charge in [0.2, 0.25) is 0 Å². The van der Waals surface area contributed by atoms with Gasteiger partial charge in [-0.2, -0.15) is 0 Å². The second-order valence-electron chi connectivity index (χ2n) is 14.1. The molecule has 0 radical (unpaired) electrons. The van der Waals surface area contributed by atoms with Crippen LogP contribution < -0.4 is 0 Å². The Hall–Kier alpha value is 1.16. The van der Waals surface area contributed by atoms with Crippen molar-refractivity contribution in [2.45, 2.75) is 208 Å². The van der Waals surface area contributed by atoms with Gasteiger partial charge in [-0.25, -0.2) is 0 Å². The van der Waals surface area contributed by atoms with E-state index in [0.717, 1.165) is 0 Å². The molecule has 0 aliphatic heterocycles. The van der Waals surface area contributed by atoms with E-state index in [1.807, 2.05) is 0 Å². The molecule has 0 fully saturated rings. The summed E-state index contributed by atoms with van der Waals surface area (Å²) in [5.41, 5.74) is -0.746. The Kier molecular flexibility index (Phi) is 20.8. The van der Waals surface area contributed by atoms with Crippen molar-refractivity contribution in [2.24, 2.45) is 0 Å². The Morgan fingerprint density at radius 1 is 0.410 bits per heavy atom. The van der Waals surface area contributed by atoms with Gasteiger partial charge >= 0.3 is 257 Å². The van der Waals surface area contributed by atoms with E-state index in [4.69, 9.17) is 10.6 Å². The van der Waals surface area contributed by atoms with Gasteiger partial charge in [0, 0.05) is 0 Å². The van der Waals surface area contributed by atoms with E-state index in [1.165, 1.54) is 113 Å². The van der Waals surface area contributed by atoms with Crippen LogP contribution in [0, 0.1) is 0 Å². The zero-order chi connectivity index (χ0) is 30.1. The second-order valence-corrected chi connectivity index (χ2v) is 28.7. The number of unbranched alkanes of at least 4 members (excludes halogenated alkanes) is 6. The summed E-state index contributed by atoms with van der Waals surface area (Å²) in [7, 11) is -4.29. The molecule has 0 saturated carbocycles. The summed E-state index contributed by atoms with van der Waals surface area (Å²) in [5.74, 6) is 0. The second kappa shape index (κ2) is 20.2. The van der Waals surface area contributed by atoms with Crippen LogP contribution in [0.4, 0.5) is 0 Å². The summed E-state index contributed by atoms with van der Waals surface area (Å²) in [4.78, 5) is 0. The Morgan fingerprint density at radius 3 is 0.769 bits per heavy atom. The monoisotopic (exact) mass is 666 g/mol. The fourth-order valence-corrected chi connectivity index (χ4v) is 33.2. The molecule has 0 aromatic carbocycles. The van der Waals surface area contributed by atoms with Crippen molar-refractivity contribution < 1.29 is 32.7 Å². The normalized spacial score (nSPS) is 13.8. The van der Waals surface area contributed by atoms with Crippen LogP contribution in [0.25, 0.3) is 0 Å². The Labute approximate surface area is 255 Å². The van der Waals surface area contributed by atoms with Crippen molar-refractivity contribution in [2.75, 3.05) is 0 Å². The molecule has 0 N–H and O–H groups in total. The quantitative estimate of drug-likeness (QED) is 0.0960. The molecule has 0 heterocycles. The molecular formula is C32H72O4Si2Zr. The third-order valence-electron chi connectivity index (χ3n) is 7.46. The van der Waals surface area contributed by atoms with Crippen LogP contribution in [0.15, 0.2) is 0 Å². The van der Waals surface area contributed by atoms with Crippen LogP contribution in [0.2, 0.25) is 36.3 Å². The molecule has 0 unspecified atom stereocenters. The molecule has 236 valence electrons. The minimum absolute atomic E-state index is 0.373. The van der Waals surface area contributed by atoms with E-state index >= 15 is 0 Å². The number of hydrogen-bond donors (Lipinski definition) is 0. The molecule has 7 heteroatoms. The summed E-state index contributed by atoms with van der Waals surface area (Å²) < 4.78 is 30.0. The van der Waals surface area contributed by atoms with E-state index in [9.17, 15) is 0 Å². The van der Waals surface area contributed by atoms with Gasteiger partial charge in [0.15, 0.2) is 0 Å². The average Bonchev–Trinajstić information content (AvgIpc) is 2.83. The Bertz CT molecular complexity index is 508. The fourth-order valence-electron chi connectivity index (χ4n) is 5.46. The first-order valence-corrected chi connectivity index (χ1v) is 26.1. The van der Waals surface area contributed by atoms with E-state index in [1.54, 1.807) is 0 Å². The number of rotatable bonds is 24. The summed E-state index contributed by atoms with van der Waals surface area (Å²) in [6.07, 6.45) is 14.7. The van der Waals surface area contributed by atoms with Crippen molar-refractivity contribution in [1.29, 1.82) is 0 Å². The molecule has 0 spiro atoms. The Balaban J connectivity index is 7.13. The van der Waals surface area contributed by atoms with Gasteiger partial charge in [0.1, 0.15) is 0 Å². The summed E-state index contributed by atoms with van der Waals surface area (Å²) in [6, 6.07) is 7.25. The molecule has 0 aromatic heterocycles. The molecule has 0 atom stereocenters. The first-order chi connectivity index (χ1) is 18.2. The molecule has 0 bridgehead atoms. The maximum atomic E-state index is 7.80. The zero-order valence-electron chi connectivity index (χ0n) is 28.9. The predicted molar refractivity (Wildman–Crippen MR) is 174 cm³/mol. The molecule has 0 aliphatic rings. The SMILES string of the molecule is CCCC[Si](CCCC)(CCCC)[O][Zr]([O]C(C)(C)C)([O]C(C)(C)C)[O][Si](CCCC)(CCCC)CCCC. The molecule has 0 amide bonds. The average molecular weight is 668 g/mol. The topological polar surface area (TPSA) is 36.9 Å². The van der Waals surface area contributed by atoms with E-state index in [-0.39, 0.29) is 11.2 Å². The third kappa shape index (κ3) is 17.8. The van der Waals surface area contributed by atoms with Crippen LogP contribution >= 0.6 is 0 Å². The minimum atomic E-state index is -4.57. The van der Waals surface area contributed by atoms with Crippen LogP contribution in [-0.4, -0.2) is 27.8 Å². The van der Waals surface area contributed by atoms with Gasteiger partial charge < -0.3 is 0 Å². The summed E-state index contributed by atoms with van der Waals surface area (Å²) >= 11 is -4.57. The van der Waals surface area contributed by atoms with Crippen molar-refractivity contribution in [3.63, 3.8) is 0 Å². The van der Waals surface area contributed by atoms with Gasteiger partial charge in [-0.05, 0) is 0 Å². The van der Waals surface area contributed by atoms with Crippen molar-refractivity contribution >= 4 is 16.6 Å². The molecule has 4 nitrogen and oxygen atoms in total. The van der Waals surface area contributed by atoms with Crippen molar-refractivity contribution in [3.8, 4) is 0 Å². The van der Waals surface area contributed by atoms with Crippen molar-refractivity contribution in [1.82, 2.24) is 0 Å². The van der Waals surface area contributed by atoms with Gasteiger partial charge in [-0.1, -0.05) is 0 Å². The molecule has 39 heavy (non-hydrogen) atoms. The summed E-state index contributed by atoms with van der Waals surface area (Å²) in [5, 5.41) is 0. The van der Waals surface area contributed by atoms with Gasteiger partial charge in [-0.3, -0.25) is 0 Å². The zero-order valence-corrected chi connectivity index (χ0v) is 33.3. The number of hydrogen-bond acceptors (Lipinski definition) is 4. The van der Waals surface area contributed by atoms with Crippen LogP contribution in [0.3, 0.4) is 0 Å². The standard InChI is InChI=1S/2C12H27OSi.2C4H9O.Zr/c2*1-4-7-10-14(13,11-8-5-2)12-9-6-3;2*1-4(2,3)5;/h2*4-12H2,1-3H3;2*1-3H3;/q4*-1;+4. The Morgan fingerprint density at radius 2 is 0.615 bits per heavy atom. The van der Waals surface area contributed by atoms with Crippen LogP contribution in [0.5, 0.6) is 0 Å². The van der Waals surface area contributed by atoms with Crippen LogP contribution in [-0.2, 0) is 32.7 Å². The molecule has 0 aliphatic carbocycles. The first-order valence-electron chi connectivity index (χ1n) is 17.0. The fraction of sp³-hybridized carbons (Fsp3) is 1.00. The van der Waals surface area contributed by atoms with E-state index in [0.29, 0.717) is 0 Å². The van der Waals surface area contributed by atoms with Crippen molar-refractivity contribution in [3.05, 3.63) is 0 Å². The molecule has 0 saturated heterocycles. The predicted octanol–water partition coefficient (Wildman–Crippen LogP) is 12.2. The summed E-state index contributed by atoms with van der Waals surface area (Å²) in [6.45, 7) is 27.0. The maximum absolute atomic E-state index is 7.80.